The van der Waals surface area contributed by atoms with Gasteiger partial charge in [0, 0.05) is 12.6 Å². The Labute approximate surface area is 140 Å². The van der Waals surface area contributed by atoms with Crippen LogP contribution in [0.3, 0.4) is 0 Å². The molecule has 2 rings (SSSR count). The van der Waals surface area contributed by atoms with Gasteiger partial charge in [0.05, 0.1) is 5.25 Å². The second-order valence-corrected chi connectivity index (χ2v) is 8.25. The summed E-state index contributed by atoms with van der Waals surface area (Å²) in [4.78, 5) is 12.3. The molecule has 0 spiro atoms. The third-order valence-corrected chi connectivity index (χ3v) is 5.96. The van der Waals surface area contributed by atoms with Crippen LogP contribution < -0.4 is 10.6 Å². The fourth-order valence-corrected chi connectivity index (χ4v) is 4.44. The van der Waals surface area contributed by atoms with E-state index >= 15 is 0 Å². The normalized spacial score (nSPS) is 22.8. The Hall–Kier alpha value is -1.08. The zero-order valence-corrected chi connectivity index (χ0v) is 14.8. The van der Waals surface area contributed by atoms with Crippen molar-refractivity contribution in [3.05, 3.63) is 12.7 Å². The van der Waals surface area contributed by atoms with Crippen molar-refractivity contribution < 1.29 is 4.79 Å². The first-order valence-corrected chi connectivity index (χ1v) is 9.45. The van der Waals surface area contributed by atoms with E-state index in [2.05, 4.69) is 34.3 Å². The molecule has 0 aliphatic heterocycles. The van der Waals surface area contributed by atoms with Crippen molar-refractivity contribution >= 4 is 34.1 Å². The summed E-state index contributed by atoms with van der Waals surface area (Å²) >= 11 is 2.93. The number of rotatable bonds is 7. The molecular formula is C15H24N4OS2. The summed E-state index contributed by atoms with van der Waals surface area (Å²) in [6.45, 7) is 8.46. The molecular weight excluding hydrogens is 316 g/mol. The molecule has 1 aromatic rings. The number of thioether (sulfide) groups is 1. The molecule has 2 N–H and O–H groups in total. The molecule has 0 radical (unpaired) electrons. The third kappa shape index (κ3) is 4.98. The van der Waals surface area contributed by atoms with Crippen LogP contribution in [0.25, 0.3) is 0 Å². The Bertz CT molecular complexity index is 505. The van der Waals surface area contributed by atoms with Crippen LogP contribution in [0, 0.1) is 5.92 Å². The maximum absolute atomic E-state index is 12.3. The molecule has 1 heterocycles. The minimum absolute atomic E-state index is 0.0968. The minimum atomic E-state index is -0.158. The van der Waals surface area contributed by atoms with Crippen molar-refractivity contribution in [1.29, 1.82) is 0 Å². The average molecular weight is 341 g/mol. The van der Waals surface area contributed by atoms with Gasteiger partial charge in [0.15, 0.2) is 4.34 Å². The van der Waals surface area contributed by atoms with Gasteiger partial charge in [-0.15, -0.1) is 16.8 Å². The van der Waals surface area contributed by atoms with Crippen LogP contribution >= 0.6 is 23.1 Å². The molecule has 1 fully saturated rings. The molecule has 1 aromatic heterocycles. The van der Waals surface area contributed by atoms with Crippen molar-refractivity contribution in [3.8, 4) is 0 Å². The van der Waals surface area contributed by atoms with Gasteiger partial charge in [0.1, 0.15) is 0 Å². The number of aromatic nitrogens is 2. The maximum Gasteiger partial charge on any atom is 0.233 e. The van der Waals surface area contributed by atoms with Crippen LogP contribution in [0.1, 0.15) is 39.5 Å². The zero-order chi connectivity index (χ0) is 15.9. The first-order chi connectivity index (χ1) is 10.6. The molecule has 3 atom stereocenters. The summed E-state index contributed by atoms with van der Waals surface area (Å²) < 4.78 is 0.811. The van der Waals surface area contributed by atoms with E-state index in [-0.39, 0.29) is 11.2 Å². The van der Waals surface area contributed by atoms with E-state index in [0.717, 1.165) is 15.9 Å². The molecule has 0 saturated heterocycles. The molecule has 1 aliphatic rings. The number of nitrogens with zero attached hydrogens (tertiary/aromatic N) is 2. The van der Waals surface area contributed by atoms with Crippen LogP contribution in [-0.4, -0.2) is 33.9 Å². The molecule has 22 heavy (non-hydrogen) atoms. The van der Waals surface area contributed by atoms with Crippen molar-refractivity contribution in [1.82, 2.24) is 15.5 Å². The van der Waals surface area contributed by atoms with E-state index in [0.29, 0.717) is 18.5 Å². The number of anilines is 1. The fraction of sp³-hybridized carbons (Fsp3) is 0.667. The number of amides is 1. The minimum Gasteiger partial charge on any atom is -0.357 e. The Morgan fingerprint density at radius 2 is 2.27 bits per heavy atom. The summed E-state index contributed by atoms with van der Waals surface area (Å²) in [7, 11) is 0. The predicted molar refractivity (Wildman–Crippen MR) is 93.5 cm³/mol. The first kappa shape index (κ1) is 17.3. The van der Waals surface area contributed by atoms with Crippen LogP contribution in [-0.2, 0) is 4.79 Å². The molecule has 1 saturated carbocycles. The van der Waals surface area contributed by atoms with Crippen LogP contribution in [0.2, 0.25) is 0 Å². The van der Waals surface area contributed by atoms with Crippen LogP contribution in [0.15, 0.2) is 17.0 Å². The van der Waals surface area contributed by atoms with Gasteiger partial charge in [-0.05, 0) is 25.7 Å². The fourth-order valence-electron chi connectivity index (χ4n) is 2.52. The number of nitrogens with one attached hydrogen (secondary N) is 2. The highest BCUT2D eigenvalue weighted by Crippen LogP contribution is 2.29. The van der Waals surface area contributed by atoms with Crippen molar-refractivity contribution in [2.75, 3.05) is 11.9 Å². The summed E-state index contributed by atoms with van der Waals surface area (Å²) in [5.74, 6) is 0.672. The number of hydrogen-bond acceptors (Lipinski definition) is 6. The van der Waals surface area contributed by atoms with E-state index in [1.165, 1.54) is 42.4 Å². The lowest BCUT2D eigenvalue weighted by molar-refractivity contribution is -0.121. The van der Waals surface area contributed by atoms with Crippen molar-refractivity contribution in [3.63, 3.8) is 0 Å². The average Bonchev–Trinajstić information content (AvgIpc) is 2.94. The summed E-state index contributed by atoms with van der Waals surface area (Å²) in [6.07, 6.45) is 6.57. The van der Waals surface area contributed by atoms with Crippen molar-refractivity contribution in [2.24, 2.45) is 5.92 Å². The van der Waals surface area contributed by atoms with Gasteiger partial charge in [-0.1, -0.05) is 48.9 Å². The SMILES string of the molecule is C=CCNc1nnc(S[C@H](C)C(=O)N[C@H]2CCCC[C@H]2C)s1. The lowest BCUT2D eigenvalue weighted by atomic mass is 9.86. The highest BCUT2D eigenvalue weighted by molar-refractivity contribution is 8.02. The number of carbonyl (C=O) groups is 1. The molecule has 1 amide bonds. The highest BCUT2D eigenvalue weighted by atomic mass is 32.2. The van der Waals surface area contributed by atoms with Crippen LogP contribution in [0.5, 0.6) is 0 Å². The van der Waals surface area contributed by atoms with Gasteiger partial charge in [-0.3, -0.25) is 4.79 Å². The maximum atomic E-state index is 12.3. The lowest BCUT2D eigenvalue weighted by Crippen LogP contribution is -2.44. The van der Waals surface area contributed by atoms with Gasteiger partial charge >= 0.3 is 0 Å². The predicted octanol–water partition coefficient (Wildman–Crippen LogP) is 3.31. The van der Waals surface area contributed by atoms with Gasteiger partial charge in [0.25, 0.3) is 0 Å². The second kappa shape index (κ2) is 8.53. The third-order valence-electron chi connectivity index (χ3n) is 3.89. The smallest absolute Gasteiger partial charge is 0.233 e. The van der Waals surface area contributed by atoms with Crippen molar-refractivity contribution in [2.45, 2.75) is 55.2 Å². The molecule has 122 valence electrons. The summed E-state index contributed by atoms with van der Waals surface area (Å²) in [5, 5.41) is 15.1. The Morgan fingerprint density at radius 1 is 1.50 bits per heavy atom. The largest absolute Gasteiger partial charge is 0.357 e. The molecule has 0 aromatic carbocycles. The Balaban J connectivity index is 1.82. The molecule has 5 nitrogen and oxygen atoms in total. The van der Waals surface area contributed by atoms with E-state index in [9.17, 15) is 4.79 Å². The molecule has 1 aliphatic carbocycles. The van der Waals surface area contributed by atoms with E-state index < -0.39 is 0 Å². The Morgan fingerprint density at radius 3 is 3.00 bits per heavy atom. The van der Waals surface area contributed by atoms with E-state index in [1.807, 2.05) is 6.92 Å². The molecule has 0 unspecified atom stereocenters. The second-order valence-electron chi connectivity index (χ2n) is 5.68. The molecule has 0 bridgehead atoms. The van der Waals surface area contributed by atoms with Gasteiger partial charge in [0.2, 0.25) is 11.0 Å². The van der Waals surface area contributed by atoms with Gasteiger partial charge in [-0.25, -0.2) is 0 Å². The zero-order valence-electron chi connectivity index (χ0n) is 13.2. The van der Waals surface area contributed by atoms with E-state index in [1.54, 1.807) is 6.08 Å². The van der Waals surface area contributed by atoms with Gasteiger partial charge in [-0.2, -0.15) is 0 Å². The monoisotopic (exact) mass is 340 g/mol. The van der Waals surface area contributed by atoms with E-state index in [4.69, 9.17) is 0 Å². The quantitative estimate of drug-likeness (QED) is 0.589. The first-order valence-electron chi connectivity index (χ1n) is 7.75. The lowest BCUT2D eigenvalue weighted by Gasteiger charge is -2.30. The Kier molecular flexibility index (Phi) is 6.70. The molecule has 7 heteroatoms. The summed E-state index contributed by atoms with van der Waals surface area (Å²) in [5.41, 5.74) is 0. The number of carbonyl (C=O) groups excluding carboxylic acids is 1. The van der Waals surface area contributed by atoms with Crippen LogP contribution in [0.4, 0.5) is 5.13 Å². The number of hydrogen-bond donors (Lipinski definition) is 2. The summed E-state index contributed by atoms with van der Waals surface area (Å²) in [6, 6.07) is 0.323. The highest BCUT2D eigenvalue weighted by Gasteiger charge is 2.25. The topological polar surface area (TPSA) is 66.9 Å². The standard InChI is InChI=1S/C15H24N4OS2/c1-4-9-16-14-18-19-15(22-14)21-11(3)13(20)17-12-8-6-5-7-10(12)2/h4,10-12H,1,5-9H2,2-3H3,(H,16,18)(H,17,20)/t10-,11-,12+/m1/s1. The van der Waals surface area contributed by atoms with Gasteiger partial charge < -0.3 is 10.6 Å².